The topological polar surface area (TPSA) is 68.5 Å². The van der Waals surface area contributed by atoms with Gasteiger partial charge in [-0.2, -0.15) is 0 Å². The van der Waals surface area contributed by atoms with Crippen molar-refractivity contribution in [1.29, 1.82) is 0 Å². The minimum atomic E-state index is -1.24. The number of carbonyl (C=O) groups is 1. The second-order valence-electron chi connectivity index (χ2n) is 4.99. The van der Waals surface area contributed by atoms with Gasteiger partial charge in [0.2, 0.25) is 0 Å². The van der Waals surface area contributed by atoms with Gasteiger partial charge in [0.05, 0.1) is 12.8 Å². The molecule has 0 saturated heterocycles. The highest BCUT2D eigenvalue weighted by atomic mass is 16.5. The number of hydrogen-bond donors (Lipinski definition) is 1. The molecule has 0 radical (unpaired) electrons. The van der Waals surface area contributed by atoms with Gasteiger partial charge in [-0.15, -0.1) is 0 Å². The maximum Gasteiger partial charge on any atom is 0.341 e. The molecule has 22 heavy (non-hydrogen) atoms. The molecule has 0 unspecified atom stereocenters. The van der Waals surface area contributed by atoms with E-state index < -0.39 is 11.5 Å². The molecule has 0 aliphatic heterocycles. The van der Waals surface area contributed by atoms with Crippen molar-refractivity contribution < 1.29 is 14.6 Å². The van der Waals surface area contributed by atoms with Crippen LogP contribution in [0.2, 0.25) is 0 Å². The van der Waals surface area contributed by atoms with Crippen LogP contribution in [0.25, 0.3) is 11.3 Å². The monoisotopic (exact) mass is 299 g/mol. The van der Waals surface area contributed by atoms with Crippen LogP contribution < -0.4 is 10.3 Å². The number of hydrogen-bond acceptors (Lipinski definition) is 3. The van der Waals surface area contributed by atoms with Gasteiger partial charge in [0.25, 0.3) is 5.56 Å². The highest BCUT2D eigenvalue weighted by molar-refractivity contribution is 5.87. The average Bonchev–Trinajstić information content (AvgIpc) is 2.48. The lowest BCUT2D eigenvalue weighted by Gasteiger charge is -2.16. The third-order valence-electron chi connectivity index (χ3n) is 3.22. The zero-order valence-electron chi connectivity index (χ0n) is 12.5. The molecule has 0 bridgehead atoms. The van der Waals surface area contributed by atoms with E-state index >= 15 is 0 Å². The number of carboxylic acids is 1. The van der Waals surface area contributed by atoms with Gasteiger partial charge in [0, 0.05) is 12.1 Å². The third-order valence-corrected chi connectivity index (χ3v) is 3.22. The molecule has 5 heteroatoms. The first kappa shape index (κ1) is 15.6. The van der Waals surface area contributed by atoms with Crippen molar-refractivity contribution in [2.45, 2.75) is 13.5 Å². The Balaban J connectivity index is 2.75. The molecule has 1 aromatic heterocycles. The van der Waals surface area contributed by atoms with E-state index in [1.807, 2.05) is 18.2 Å². The molecule has 5 nitrogen and oxygen atoms in total. The quantitative estimate of drug-likeness (QED) is 0.862. The minimum absolute atomic E-state index is 0.243. The summed E-state index contributed by atoms with van der Waals surface area (Å²) in [6.07, 6.45) is 0. The predicted octanol–water partition coefficient (Wildman–Crippen LogP) is 2.80. The maximum atomic E-state index is 12.4. The maximum absolute atomic E-state index is 12.4. The molecule has 0 aliphatic carbocycles. The van der Waals surface area contributed by atoms with Crippen LogP contribution in [0.1, 0.15) is 17.3 Å². The van der Waals surface area contributed by atoms with Crippen LogP contribution >= 0.6 is 0 Å². The fourth-order valence-corrected chi connectivity index (χ4v) is 2.26. The summed E-state index contributed by atoms with van der Waals surface area (Å²) < 4.78 is 6.73. The smallest absolute Gasteiger partial charge is 0.341 e. The first-order valence-electron chi connectivity index (χ1n) is 6.70. The lowest BCUT2D eigenvalue weighted by atomic mass is 10.1. The van der Waals surface area contributed by atoms with E-state index in [2.05, 4.69) is 6.58 Å². The van der Waals surface area contributed by atoms with Crippen molar-refractivity contribution in [2.24, 2.45) is 0 Å². The zero-order valence-corrected chi connectivity index (χ0v) is 12.5. The standard InChI is InChI=1S/C17H17NO4/c1-11(2)10-18-14(9-8-13(16(18)19)17(20)21)12-6-4-5-7-15(12)22-3/h4-9H,1,10H2,2-3H3,(H,20,21). The zero-order chi connectivity index (χ0) is 16.3. The summed E-state index contributed by atoms with van der Waals surface area (Å²) >= 11 is 0. The fourth-order valence-electron chi connectivity index (χ4n) is 2.26. The van der Waals surface area contributed by atoms with Crippen molar-refractivity contribution in [2.75, 3.05) is 7.11 Å². The minimum Gasteiger partial charge on any atom is -0.496 e. The highest BCUT2D eigenvalue weighted by Crippen LogP contribution is 2.29. The van der Waals surface area contributed by atoms with Crippen LogP contribution in [-0.2, 0) is 6.54 Å². The molecule has 0 saturated carbocycles. The Bertz CT molecular complexity index is 789. The molecule has 2 aromatic rings. The number of aromatic nitrogens is 1. The predicted molar refractivity (Wildman–Crippen MR) is 84.5 cm³/mol. The fraction of sp³-hybridized carbons (Fsp3) is 0.176. The van der Waals surface area contributed by atoms with Crippen LogP contribution in [-0.4, -0.2) is 22.8 Å². The van der Waals surface area contributed by atoms with Crippen LogP contribution in [0, 0.1) is 0 Å². The molecule has 0 amide bonds. The number of aromatic carboxylic acids is 1. The summed E-state index contributed by atoms with van der Waals surface area (Å²) in [5.74, 6) is -0.632. The average molecular weight is 299 g/mol. The summed E-state index contributed by atoms with van der Waals surface area (Å²) in [5, 5.41) is 9.13. The summed E-state index contributed by atoms with van der Waals surface area (Å²) in [4.78, 5) is 23.6. The normalized spacial score (nSPS) is 10.3. The van der Waals surface area contributed by atoms with Crippen molar-refractivity contribution in [3.8, 4) is 17.0 Å². The number of benzene rings is 1. The molecule has 1 N–H and O–H groups in total. The van der Waals surface area contributed by atoms with Crippen molar-refractivity contribution in [3.05, 3.63) is 64.5 Å². The molecule has 0 atom stereocenters. The van der Waals surface area contributed by atoms with E-state index in [0.29, 0.717) is 11.4 Å². The lowest BCUT2D eigenvalue weighted by Crippen LogP contribution is -2.27. The summed E-state index contributed by atoms with van der Waals surface area (Å²) in [7, 11) is 1.55. The van der Waals surface area contributed by atoms with E-state index in [1.165, 1.54) is 10.6 Å². The Morgan fingerprint density at radius 1 is 1.27 bits per heavy atom. The van der Waals surface area contributed by atoms with E-state index in [4.69, 9.17) is 9.84 Å². The third kappa shape index (κ3) is 2.93. The van der Waals surface area contributed by atoms with E-state index in [0.717, 1.165) is 11.1 Å². The van der Waals surface area contributed by atoms with Gasteiger partial charge in [0.1, 0.15) is 11.3 Å². The molecular weight excluding hydrogens is 282 g/mol. The molecule has 1 aromatic carbocycles. The number of para-hydroxylation sites is 1. The Hall–Kier alpha value is -2.82. The second kappa shape index (κ2) is 6.30. The van der Waals surface area contributed by atoms with Crippen LogP contribution in [0.3, 0.4) is 0 Å². The first-order valence-corrected chi connectivity index (χ1v) is 6.70. The van der Waals surface area contributed by atoms with Gasteiger partial charge in [-0.25, -0.2) is 4.79 Å². The molecule has 114 valence electrons. The van der Waals surface area contributed by atoms with Crippen LogP contribution in [0.5, 0.6) is 5.75 Å². The van der Waals surface area contributed by atoms with Crippen LogP contribution in [0.15, 0.2) is 53.3 Å². The Morgan fingerprint density at radius 2 is 1.95 bits per heavy atom. The van der Waals surface area contributed by atoms with Gasteiger partial charge in [0.15, 0.2) is 0 Å². The van der Waals surface area contributed by atoms with Gasteiger partial charge in [-0.3, -0.25) is 4.79 Å². The van der Waals surface area contributed by atoms with Gasteiger partial charge in [-0.05, 0) is 31.2 Å². The Morgan fingerprint density at radius 3 is 2.55 bits per heavy atom. The first-order chi connectivity index (χ1) is 10.5. The largest absolute Gasteiger partial charge is 0.496 e. The molecule has 1 heterocycles. The lowest BCUT2D eigenvalue weighted by molar-refractivity contribution is 0.0694. The van der Waals surface area contributed by atoms with Crippen molar-refractivity contribution >= 4 is 5.97 Å². The number of pyridine rings is 1. The van der Waals surface area contributed by atoms with Crippen molar-refractivity contribution in [3.63, 3.8) is 0 Å². The number of ether oxygens (including phenoxy) is 1. The number of allylic oxidation sites excluding steroid dienone is 1. The van der Waals surface area contributed by atoms with Gasteiger partial charge in [-0.1, -0.05) is 24.3 Å². The molecule has 0 fully saturated rings. The van der Waals surface area contributed by atoms with Gasteiger partial charge >= 0.3 is 5.97 Å². The van der Waals surface area contributed by atoms with Gasteiger partial charge < -0.3 is 14.4 Å². The Labute approximate surface area is 128 Å². The molecule has 0 aliphatic rings. The number of carboxylic acid groups (broad SMARTS) is 1. The van der Waals surface area contributed by atoms with Crippen molar-refractivity contribution in [1.82, 2.24) is 4.57 Å². The summed E-state index contributed by atoms with van der Waals surface area (Å²) in [5.41, 5.74) is 1.25. The molecule has 0 spiro atoms. The Kier molecular flexibility index (Phi) is 4.46. The van der Waals surface area contributed by atoms with E-state index in [1.54, 1.807) is 26.2 Å². The number of methoxy groups -OCH3 is 1. The SMILES string of the molecule is C=C(C)Cn1c(-c2ccccc2OC)ccc(C(=O)O)c1=O. The highest BCUT2D eigenvalue weighted by Gasteiger charge is 2.17. The number of rotatable bonds is 5. The van der Waals surface area contributed by atoms with Crippen LogP contribution in [0.4, 0.5) is 0 Å². The molecular formula is C17H17NO4. The number of nitrogens with zero attached hydrogens (tertiary/aromatic N) is 1. The summed E-state index contributed by atoms with van der Waals surface area (Å²) in [6, 6.07) is 10.2. The summed E-state index contributed by atoms with van der Waals surface area (Å²) in [6.45, 7) is 5.83. The molecule has 2 rings (SSSR count). The van der Waals surface area contributed by atoms with E-state index in [-0.39, 0.29) is 12.1 Å². The second-order valence-corrected chi connectivity index (χ2v) is 4.99. The van der Waals surface area contributed by atoms with E-state index in [9.17, 15) is 9.59 Å².